The Bertz CT molecular complexity index is 176. The van der Waals surface area contributed by atoms with Crippen molar-refractivity contribution in [1.29, 1.82) is 0 Å². The first kappa shape index (κ1) is 14.9. The zero-order chi connectivity index (χ0) is 12.3. The van der Waals surface area contributed by atoms with Crippen molar-refractivity contribution < 1.29 is 14.6 Å². The number of ether oxygens (including phenoxy) is 2. The van der Waals surface area contributed by atoms with Crippen LogP contribution in [0.3, 0.4) is 0 Å². The van der Waals surface area contributed by atoms with E-state index in [1.807, 2.05) is 0 Å². The van der Waals surface area contributed by atoms with Crippen molar-refractivity contribution >= 4 is 0 Å². The SMILES string of the molecule is COCCOCCCN1CCCC(CCO)C1. The minimum atomic E-state index is 0.332. The summed E-state index contributed by atoms with van der Waals surface area (Å²) in [5.41, 5.74) is 0. The van der Waals surface area contributed by atoms with E-state index in [1.165, 1.54) is 19.4 Å². The Hall–Kier alpha value is -0.160. The normalized spacial score (nSPS) is 21.9. The van der Waals surface area contributed by atoms with Gasteiger partial charge in [-0.05, 0) is 38.1 Å². The minimum absolute atomic E-state index is 0.332. The maximum absolute atomic E-state index is 8.95. The molecule has 1 rings (SSSR count). The van der Waals surface area contributed by atoms with Gasteiger partial charge in [-0.25, -0.2) is 0 Å². The second-order valence-corrected chi connectivity index (χ2v) is 4.78. The molecule has 1 saturated heterocycles. The van der Waals surface area contributed by atoms with Gasteiger partial charge in [0.2, 0.25) is 0 Å². The average molecular weight is 245 g/mol. The van der Waals surface area contributed by atoms with Gasteiger partial charge in [-0.1, -0.05) is 0 Å². The van der Waals surface area contributed by atoms with Crippen LogP contribution in [0.4, 0.5) is 0 Å². The van der Waals surface area contributed by atoms with Crippen LogP contribution in [0.1, 0.15) is 25.7 Å². The van der Waals surface area contributed by atoms with Crippen LogP contribution in [0.2, 0.25) is 0 Å². The van der Waals surface area contributed by atoms with Crippen LogP contribution in [0.5, 0.6) is 0 Å². The van der Waals surface area contributed by atoms with Gasteiger partial charge in [0.05, 0.1) is 13.2 Å². The zero-order valence-corrected chi connectivity index (χ0v) is 11.1. The number of rotatable bonds is 9. The summed E-state index contributed by atoms with van der Waals surface area (Å²) in [5, 5.41) is 8.95. The van der Waals surface area contributed by atoms with Gasteiger partial charge in [0.15, 0.2) is 0 Å². The highest BCUT2D eigenvalue weighted by Gasteiger charge is 2.18. The van der Waals surface area contributed by atoms with Gasteiger partial charge >= 0.3 is 0 Å². The molecular weight excluding hydrogens is 218 g/mol. The summed E-state index contributed by atoms with van der Waals surface area (Å²) in [5.74, 6) is 0.697. The predicted molar refractivity (Wildman–Crippen MR) is 68.2 cm³/mol. The van der Waals surface area contributed by atoms with Gasteiger partial charge in [-0.15, -0.1) is 0 Å². The van der Waals surface area contributed by atoms with Crippen molar-refractivity contribution in [2.24, 2.45) is 5.92 Å². The van der Waals surface area contributed by atoms with Crippen molar-refractivity contribution in [3.05, 3.63) is 0 Å². The Balaban J connectivity index is 1.98. The third kappa shape index (κ3) is 6.99. The Morgan fingerprint density at radius 1 is 1.29 bits per heavy atom. The molecule has 4 heteroatoms. The molecular formula is C13H27NO3. The van der Waals surface area contributed by atoms with Gasteiger partial charge in [-0.3, -0.25) is 0 Å². The van der Waals surface area contributed by atoms with Gasteiger partial charge in [-0.2, -0.15) is 0 Å². The summed E-state index contributed by atoms with van der Waals surface area (Å²) in [6.07, 6.45) is 4.60. The van der Waals surface area contributed by atoms with E-state index in [9.17, 15) is 0 Å². The second-order valence-electron chi connectivity index (χ2n) is 4.78. The monoisotopic (exact) mass is 245 g/mol. The van der Waals surface area contributed by atoms with Crippen LogP contribution in [0.15, 0.2) is 0 Å². The molecule has 0 aliphatic carbocycles. The molecule has 0 aromatic heterocycles. The van der Waals surface area contributed by atoms with Crippen molar-refractivity contribution in [3.63, 3.8) is 0 Å². The lowest BCUT2D eigenvalue weighted by atomic mass is 9.95. The number of likely N-dealkylation sites (tertiary alicyclic amines) is 1. The van der Waals surface area contributed by atoms with E-state index < -0.39 is 0 Å². The summed E-state index contributed by atoms with van der Waals surface area (Å²) in [6.45, 7) is 6.02. The van der Waals surface area contributed by atoms with E-state index in [0.717, 1.165) is 32.5 Å². The lowest BCUT2D eigenvalue weighted by Gasteiger charge is -2.32. The predicted octanol–water partition coefficient (Wildman–Crippen LogP) is 1.13. The summed E-state index contributed by atoms with van der Waals surface area (Å²) in [6, 6.07) is 0. The smallest absolute Gasteiger partial charge is 0.0700 e. The van der Waals surface area contributed by atoms with E-state index >= 15 is 0 Å². The largest absolute Gasteiger partial charge is 0.396 e. The molecule has 0 bridgehead atoms. The number of methoxy groups -OCH3 is 1. The molecule has 1 heterocycles. The van der Waals surface area contributed by atoms with Crippen molar-refractivity contribution in [1.82, 2.24) is 4.90 Å². The topological polar surface area (TPSA) is 41.9 Å². The molecule has 17 heavy (non-hydrogen) atoms. The fourth-order valence-electron chi connectivity index (χ4n) is 2.41. The molecule has 0 saturated carbocycles. The van der Waals surface area contributed by atoms with Crippen LogP contribution in [-0.4, -0.2) is 63.2 Å². The molecule has 4 nitrogen and oxygen atoms in total. The molecule has 0 radical (unpaired) electrons. The Labute approximate surface area is 105 Å². The Kier molecular flexibility index (Phi) is 8.61. The molecule has 1 unspecified atom stereocenters. The first-order valence-electron chi connectivity index (χ1n) is 6.76. The van der Waals surface area contributed by atoms with Gasteiger partial charge in [0.25, 0.3) is 0 Å². The van der Waals surface area contributed by atoms with Crippen LogP contribution < -0.4 is 0 Å². The molecule has 1 fully saturated rings. The molecule has 1 N–H and O–H groups in total. The van der Waals surface area contributed by atoms with E-state index in [0.29, 0.717) is 25.7 Å². The molecule has 102 valence electrons. The molecule has 0 aromatic carbocycles. The highest BCUT2D eigenvalue weighted by molar-refractivity contribution is 4.72. The van der Waals surface area contributed by atoms with Crippen LogP contribution in [-0.2, 0) is 9.47 Å². The minimum Gasteiger partial charge on any atom is -0.396 e. The number of hydrogen-bond acceptors (Lipinski definition) is 4. The number of nitrogens with zero attached hydrogens (tertiary/aromatic N) is 1. The lowest BCUT2D eigenvalue weighted by molar-refractivity contribution is 0.0616. The van der Waals surface area contributed by atoms with Crippen LogP contribution in [0.25, 0.3) is 0 Å². The quantitative estimate of drug-likeness (QED) is 0.618. The van der Waals surface area contributed by atoms with E-state index in [-0.39, 0.29) is 0 Å². The first-order valence-corrected chi connectivity index (χ1v) is 6.76. The summed E-state index contributed by atoms with van der Waals surface area (Å²) in [7, 11) is 1.69. The Morgan fingerprint density at radius 3 is 2.94 bits per heavy atom. The van der Waals surface area contributed by atoms with Gasteiger partial charge in [0.1, 0.15) is 0 Å². The maximum atomic E-state index is 8.95. The number of aliphatic hydroxyl groups excluding tert-OH is 1. The maximum Gasteiger partial charge on any atom is 0.0700 e. The summed E-state index contributed by atoms with van der Waals surface area (Å²) < 4.78 is 10.4. The lowest BCUT2D eigenvalue weighted by Crippen LogP contribution is -2.36. The van der Waals surface area contributed by atoms with E-state index in [2.05, 4.69) is 4.90 Å². The van der Waals surface area contributed by atoms with Gasteiger partial charge in [0, 0.05) is 33.4 Å². The third-order valence-electron chi connectivity index (χ3n) is 3.34. The fraction of sp³-hybridized carbons (Fsp3) is 1.00. The molecule has 1 aliphatic heterocycles. The van der Waals surface area contributed by atoms with Crippen molar-refractivity contribution in [2.75, 3.05) is 53.2 Å². The first-order chi connectivity index (χ1) is 8.36. The molecule has 1 atom stereocenters. The molecule has 0 amide bonds. The Morgan fingerprint density at radius 2 is 2.18 bits per heavy atom. The molecule has 0 aromatic rings. The summed E-state index contributed by atoms with van der Waals surface area (Å²) in [4.78, 5) is 2.50. The number of hydrogen-bond donors (Lipinski definition) is 1. The zero-order valence-electron chi connectivity index (χ0n) is 11.1. The summed E-state index contributed by atoms with van der Waals surface area (Å²) >= 11 is 0. The molecule has 0 spiro atoms. The van der Waals surface area contributed by atoms with E-state index in [1.54, 1.807) is 7.11 Å². The molecule has 1 aliphatic rings. The highest BCUT2D eigenvalue weighted by atomic mass is 16.5. The van der Waals surface area contributed by atoms with Crippen molar-refractivity contribution in [3.8, 4) is 0 Å². The van der Waals surface area contributed by atoms with Crippen LogP contribution in [0, 0.1) is 5.92 Å². The highest BCUT2D eigenvalue weighted by Crippen LogP contribution is 2.19. The van der Waals surface area contributed by atoms with Gasteiger partial charge < -0.3 is 19.5 Å². The second kappa shape index (κ2) is 9.83. The number of aliphatic hydroxyl groups is 1. The fourth-order valence-corrected chi connectivity index (χ4v) is 2.41. The third-order valence-corrected chi connectivity index (χ3v) is 3.34. The van der Waals surface area contributed by atoms with Crippen molar-refractivity contribution in [2.45, 2.75) is 25.7 Å². The number of piperidine rings is 1. The standard InChI is InChI=1S/C13H27NO3/c1-16-10-11-17-9-3-7-14-6-2-4-13(12-14)5-8-15/h13,15H,2-12H2,1H3. The average Bonchev–Trinajstić information content (AvgIpc) is 2.35. The van der Waals surface area contributed by atoms with Crippen LogP contribution >= 0.6 is 0 Å². The van der Waals surface area contributed by atoms with E-state index in [4.69, 9.17) is 14.6 Å².